The number of hydrogen-bond acceptors (Lipinski definition) is 2. The standard InChI is InChI=1S/C15H16BrClN2O2/c16-11-8-9(3-6-12(11)17)15(21)19-7-1-2-13(19)14(20)18-10-4-5-10/h3,6,8,10,13H,1-2,4-5,7H2,(H,18,20). The first kappa shape index (κ1) is 14.9. The summed E-state index contributed by atoms with van der Waals surface area (Å²) in [5.74, 6) is -0.128. The van der Waals surface area contributed by atoms with Crippen molar-refractivity contribution in [1.29, 1.82) is 0 Å². The van der Waals surface area contributed by atoms with E-state index in [1.54, 1.807) is 23.1 Å². The molecule has 21 heavy (non-hydrogen) atoms. The van der Waals surface area contributed by atoms with Crippen molar-refractivity contribution < 1.29 is 9.59 Å². The molecule has 0 spiro atoms. The van der Waals surface area contributed by atoms with Gasteiger partial charge in [-0.25, -0.2) is 0 Å². The van der Waals surface area contributed by atoms with Gasteiger partial charge in [0, 0.05) is 22.6 Å². The summed E-state index contributed by atoms with van der Waals surface area (Å²) in [7, 11) is 0. The summed E-state index contributed by atoms with van der Waals surface area (Å²) in [5, 5.41) is 3.56. The Kier molecular flexibility index (Phi) is 4.22. The lowest BCUT2D eigenvalue weighted by Gasteiger charge is -2.24. The number of carbonyl (C=O) groups excluding carboxylic acids is 2. The quantitative estimate of drug-likeness (QED) is 0.888. The Morgan fingerprint density at radius 1 is 1.29 bits per heavy atom. The summed E-state index contributed by atoms with van der Waals surface area (Å²) in [4.78, 5) is 26.5. The molecule has 1 aromatic carbocycles. The molecule has 2 fully saturated rings. The summed E-state index contributed by atoms with van der Waals surface area (Å²) >= 11 is 9.28. The Morgan fingerprint density at radius 2 is 2.05 bits per heavy atom. The number of rotatable bonds is 3. The summed E-state index contributed by atoms with van der Waals surface area (Å²) in [6, 6.07) is 5.07. The van der Waals surface area contributed by atoms with Gasteiger partial charge in [0.2, 0.25) is 5.91 Å². The largest absolute Gasteiger partial charge is 0.352 e. The van der Waals surface area contributed by atoms with Gasteiger partial charge in [0.25, 0.3) is 5.91 Å². The summed E-state index contributed by atoms with van der Waals surface area (Å²) in [6.45, 7) is 0.627. The number of nitrogens with zero attached hydrogens (tertiary/aromatic N) is 1. The lowest BCUT2D eigenvalue weighted by atomic mass is 10.1. The maximum atomic E-state index is 12.6. The smallest absolute Gasteiger partial charge is 0.254 e. The number of amides is 2. The van der Waals surface area contributed by atoms with Crippen LogP contribution >= 0.6 is 27.5 Å². The van der Waals surface area contributed by atoms with Crippen LogP contribution < -0.4 is 5.32 Å². The molecule has 4 nitrogen and oxygen atoms in total. The molecule has 0 radical (unpaired) electrons. The van der Waals surface area contributed by atoms with Gasteiger partial charge in [-0.3, -0.25) is 9.59 Å². The molecule has 6 heteroatoms. The lowest BCUT2D eigenvalue weighted by Crippen LogP contribution is -2.46. The molecular formula is C15H16BrClN2O2. The molecular weight excluding hydrogens is 356 g/mol. The molecule has 1 aromatic rings. The van der Waals surface area contributed by atoms with E-state index in [1.807, 2.05) is 0 Å². The van der Waals surface area contributed by atoms with E-state index in [4.69, 9.17) is 11.6 Å². The van der Waals surface area contributed by atoms with Crippen molar-refractivity contribution in [2.75, 3.05) is 6.54 Å². The Labute approximate surface area is 137 Å². The van der Waals surface area contributed by atoms with Crippen LogP contribution in [0.4, 0.5) is 0 Å². The molecule has 1 aliphatic heterocycles. The van der Waals surface area contributed by atoms with Gasteiger partial charge in [0.05, 0.1) is 5.02 Å². The zero-order chi connectivity index (χ0) is 15.0. The number of halogens is 2. The summed E-state index contributed by atoms with van der Waals surface area (Å²) in [6.07, 6.45) is 3.70. The molecule has 3 rings (SSSR count). The SMILES string of the molecule is O=C(NC1CC1)C1CCCN1C(=O)c1ccc(Cl)c(Br)c1. The van der Waals surface area contributed by atoms with Gasteiger partial charge in [-0.2, -0.15) is 0 Å². The highest BCUT2D eigenvalue weighted by molar-refractivity contribution is 9.10. The second kappa shape index (κ2) is 5.97. The normalized spacial score (nSPS) is 21.4. The van der Waals surface area contributed by atoms with E-state index in [1.165, 1.54) is 0 Å². The Balaban J connectivity index is 1.75. The van der Waals surface area contributed by atoms with Crippen LogP contribution in [0, 0.1) is 0 Å². The molecule has 1 N–H and O–H groups in total. The minimum atomic E-state index is -0.340. The zero-order valence-corrected chi connectivity index (χ0v) is 13.8. The van der Waals surface area contributed by atoms with Crippen molar-refractivity contribution in [3.63, 3.8) is 0 Å². The maximum Gasteiger partial charge on any atom is 0.254 e. The topological polar surface area (TPSA) is 49.4 Å². The highest BCUT2D eigenvalue weighted by atomic mass is 79.9. The fourth-order valence-electron chi connectivity index (χ4n) is 2.60. The van der Waals surface area contributed by atoms with Crippen LogP contribution in [-0.4, -0.2) is 35.3 Å². The van der Waals surface area contributed by atoms with Crippen molar-refractivity contribution in [3.05, 3.63) is 33.3 Å². The van der Waals surface area contributed by atoms with Crippen LogP contribution in [0.25, 0.3) is 0 Å². The summed E-state index contributed by atoms with van der Waals surface area (Å²) in [5.41, 5.74) is 0.553. The molecule has 112 valence electrons. The molecule has 1 atom stereocenters. The van der Waals surface area contributed by atoms with E-state index in [0.29, 0.717) is 27.6 Å². The molecule has 1 aliphatic carbocycles. The fourth-order valence-corrected chi connectivity index (χ4v) is 3.10. The van der Waals surface area contributed by atoms with Crippen molar-refractivity contribution in [3.8, 4) is 0 Å². The Morgan fingerprint density at radius 3 is 2.71 bits per heavy atom. The average molecular weight is 372 g/mol. The monoisotopic (exact) mass is 370 g/mol. The zero-order valence-electron chi connectivity index (χ0n) is 11.4. The minimum Gasteiger partial charge on any atom is -0.352 e. The van der Waals surface area contributed by atoms with E-state index in [0.717, 1.165) is 25.7 Å². The minimum absolute atomic E-state index is 0.0172. The Hall–Kier alpha value is -1.07. The highest BCUT2D eigenvalue weighted by Gasteiger charge is 2.36. The third-order valence-corrected chi connectivity index (χ3v) is 5.12. The first-order valence-corrected chi connectivity index (χ1v) is 8.30. The van der Waals surface area contributed by atoms with Crippen molar-refractivity contribution in [2.24, 2.45) is 0 Å². The van der Waals surface area contributed by atoms with Crippen LogP contribution in [0.5, 0.6) is 0 Å². The van der Waals surface area contributed by atoms with Crippen LogP contribution in [0.1, 0.15) is 36.0 Å². The van der Waals surface area contributed by atoms with Crippen molar-refractivity contribution in [1.82, 2.24) is 10.2 Å². The average Bonchev–Trinajstić information content (AvgIpc) is 3.14. The van der Waals surface area contributed by atoms with E-state index >= 15 is 0 Å². The predicted molar refractivity (Wildman–Crippen MR) is 84.4 cm³/mol. The molecule has 0 bridgehead atoms. The van der Waals surface area contributed by atoms with Crippen molar-refractivity contribution in [2.45, 2.75) is 37.8 Å². The molecule has 2 amide bonds. The fraction of sp³-hybridized carbons (Fsp3) is 0.467. The van der Waals surface area contributed by atoms with Gasteiger partial charge in [-0.15, -0.1) is 0 Å². The van der Waals surface area contributed by atoms with Crippen LogP contribution in [0.2, 0.25) is 5.02 Å². The molecule has 1 saturated heterocycles. The predicted octanol–water partition coefficient (Wildman–Crippen LogP) is 2.99. The van der Waals surface area contributed by atoms with Gasteiger partial charge in [-0.1, -0.05) is 11.6 Å². The van der Waals surface area contributed by atoms with E-state index in [-0.39, 0.29) is 17.9 Å². The number of likely N-dealkylation sites (tertiary alicyclic amines) is 1. The van der Waals surface area contributed by atoms with Gasteiger partial charge < -0.3 is 10.2 Å². The first-order chi connectivity index (χ1) is 10.1. The number of benzene rings is 1. The van der Waals surface area contributed by atoms with E-state index in [9.17, 15) is 9.59 Å². The van der Waals surface area contributed by atoms with Crippen LogP contribution in [-0.2, 0) is 4.79 Å². The first-order valence-electron chi connectivity index (χ1n) is 7.12. The Bertz CT molecular complexity index is 589. The molecule has 0 aromatic heterocycles. The number of hydrogen-bond donors (Lipinski definition) is 1. The van der Waals surface area contributed by atoms with Gasteiger partial charge in [-0.05, 0) is 59.8 Å². The number of nitrogens with one attached hydrogen (secondary N) is 1. The molecule has 1 unspecified atom stereocenters. The second-order valence-electron chi connectivity index (χ2n) is 5.57. The number of carbonyl (C=O) groups is 2. The van der Waals surface area contributed by atoms with Gasteiger partial charge in [0.1, 0.15) is 6.04 Å². The van der Waals surface area contributed by atoms with Gasteiger partial charge >= 0.3 is 0 Å². The molecule has 2 aliphatic rings. The summed E-state index contributed by atoms with van der Waals surface area (Å²) < 4.78 is 0.688. The lowest BCUT2D eigenvalue weighted by molar-refractivity contribution is -0.125. The highest BCUT2D eigenvalue weighted by Crippen LogP contribution is 2.27. The van der Waals surface area contributed by atoms with Crippen LogP contribution in [0.3, 0.4) is 0 Å². The molecule has 1 heterocycles. The van der Waals surface area contributed by atoms with E-state index in [2.05, 4.69) is 21.2 Å². The second-order valence-corrected chi connectivity index (χ2v) is 6.83. The van der Waals surface area contributed by atoms with E-state index < -0.39 is 0 Å². The van der Waals surface area contributed by atoms with Gasteiger partial charge in [0.15, 0.2) is 0 Å². The maximum absolute atomic E-state index is 12.6. The van der Waals surface area contributed by atoms with Crippen molar-refractivity contribution >= 4 is 39.3 Å². The molecule has 1 saturated carbocycles. The third kappa shape index (κ3) is 3.24. The van der Waals surface area contributed by atoms with Crippen LogP contribution in [0.15, 0.2) is 22.7 Å². The third-order valence-electron chi connectivity index (χ3n) is 3.91.